The summed E-state index contributed by atoms with van der Waals surface area (Å²) in [6.45, 7) is 3.95. The summed E-state index contributed by atoms with van der Waals surface area (Å²) in [5, 5.41) is 2.76. The molecule has 6 nitrogen and oxygen atoms in total. The van der Waals surface area contributed by atoms with Gasteiger partial charge in [0.05, 0.1) is 23.7 Å². The molecule has 1 aromatic heterocycles. The lowest BCUT2D eigenvalue weighted by Crippen LogP contribution is -2.43. The van der Waals surface area contributed by atoms with E-state index in [1.807, 2.05) is 60.0 Å². The van der Waals surface area contributed by atoms with Crippen molar-refractivity contribution in [2.45, 2.75) is 19.9 Å². The summed E-state index contributed by atoms with van der Waals surface area (Å²) in [7, 11) is 0. The Bertz CT molecular complexity index is 991. The van der Waals surface area contributed by atoms with E-state index in [4.69, 9.17) is 4.74 Å². The molecule has 2 atom stereocenters. The zero-order chi connectivity index (χ0) is 18.3. The molecule has 0 bridgehead atoms. The first-order valence-corrected chi connectivity index (χ1v) is 8.61. The van der Waals surface area contributed by atoms with E-state index in [-0.39, 0.29) is 6.61 Å². The topological polar surface area (TPSA) is 73.2 Å². The molecular formula is C20H19N3O3. The Hall–Kier alpha value is -3.15. The predicted octanol–water partition coefficient (Wildman–Crippen LogP) is 3.07. The summed E-state index contributed by atoms with van der Waals surface area (Å²) in [5.74, 6) is -1.44. The van der Waals surface area contributed by atoms with Crippen LogP contribution in [0.3, 0.4) is 0 Å². The van der Waals surface area contributed by atoms with Gasteiger partial charge in [-0.05, 0) is 31.5 Å². The number of aromatic nitrogens is 2. The maximum atomic E-state index is 12.7. The van der Waals surface area contributed by atoms with Crippen molar-refractivity contribution in [3.05, 3.63) is 59.7 Å². The van der Waals surface area contributed by atoms with Crippen LogP contribution < -0.4 is 5.32 Å². The van der Waals surface area contributed by atoms with E-state index in [0.29, 0.717) is 5.95 Å². The van der Waals surface area contributed by atoms with Crippen LogP contribution in [0.25, 0.3) is 11.0 Å². The number of amides is 1. The monoisotopic (exact) mass is 349 g/mol. The second-order valence-electron chi connectivity index (χ2n) is 6.37. The van der Waals surface area contributed by atoms with Gasteiger partial charge in [0.2, 0.25) is 11.9 Å². The summed E-state index contributed by atoms with van der Waals surface area (Å²) < 4.78 is 7.12. The summed E-state index contributed by atoms with van der Waals surface area (Å²) in [6.07, 6.45) is 0. The number of nitrogens with zero attached hydrogens (tertiary/aromatic N) is 2. The number of hydrogen-bond acceptors (Lipinski definition) is 4. The number of nitrogens with one attached hydrogen (secondary N) is 1. The number of aryl methyl sites for hydroxylation is 1. The van der Waals surface area contributed by atoms with Gasteiger partial charge in [0.25, 0.3) is 0 Å². The quantitative estimate of drug-likeness (QED) is 0.583. The molecule has 26 heavy (non-hydrogen) atoms. The number of para-hydroxylation sites is 2. The number of anilines is 1. The smallest absolute Gasteiger partial charge is 0.321 e. The minimum absolute atomic E-state index is 0.223. The van der Waals surface area contributed by atoms with Gasteiger partial charge < -0.3 is 9.30 Å². The average Bonchev–Trinajstić information content (AvgIpc) is 2.99. The van der Waals surface area contributed by atoms with Crippen LogP contribution in [0.15, 0.2) is 48.5 Å². The molecule has 0 saturated carbocycles. The van der Waals surface area contributed by atoms with Crippen molar-refractivity contribution in [2.75, 3.05) is 11.9 Å². The van der Waals surface area contributed by atoms with Crippen LogP contribution in [0.5, 0.6) is 0 Å². The van der Waals surface area contributed by atoms with Crippen molar-refractivity contribution in [3.63, 3.8) is 0 Å². The third-order valence-electron chi connectivity index (χ3n) is 4.67. The van der Waals surface area contributed by atoms with Crippen molar-refractivity contribution in [1.29, 1.82) is 0 Å². The van der Waals surface area contributed by atoms with Gasteiger partial charge in [0, 0.05) is 0 Å². The molecule has 0 aliphatic carbocycles. The molecule has 132 valence electrons. The summed E-state index contributed by atoms with van der Waals surface area (Å²) in [6, 6.07) is 15.0. The summed E-state index contributed by atoms with van der Waals surface area (Å²) in [4.78, 5) is 29.9. The molecule has 3 aromatic rings. The highest BCUT2D eigenvalue weighted by atomic mass is 16.5. The van der Waals surface area contributed by atoms with Crippen LogP contribution in [0.4, 0.5) is 5.95 Å². The van der Waals surface area contributed by atoms with Gasteiger partial charge in [-0.15, -0.1) is 0 Å². The van der Waals surface area contributed by atoms with Crippen LogP contribution in [-0.2, 0) is 14.3 Å². The molecular weight excluding hydrogens is 330 g/mol. The fraction of sp³-hybridized carbons (Fsp3) is 0.250. The first-order valence-electron chi connectivity index (χ1n) is 8.61. The van der Waals surface area contributed by atoms with Crippen LogP contribution in [0, 0.1) is 12.8 Å². The number of esters is 1. The molecule has 1 N–H and O–H groups in total. The zero-order valence-corrected chi connectivity index (χ0v) is 14.6. The van der Waals surface area contributed by atoms with Crippen molar-refractivity contribution in [2.24, 2.45) is 5.92 Å². The van der Waals surface area contributed by atoms with Crippen molar-refractivity contribution >= 4 is 28.9 Å². The molecule has 2 unspecified atom stereocenters. The maximum absolute atomic E-state index is 12.7. The number of carbonyl (C=O) groups excluding carboxylic acids is 2. The third-order valence-corrected chi connectivity index (χ3v) is 4.67. The second-order valence-corrected chi connectivity index (χ2v) is 6.37. The lowest BCUT2D eigenvalue weighted by molar-refractivity contribution is -0.152. The average molecular weight is 349 g/mol. The van der Waals surface area contributed by atoms with Crippen molar-refractivity contribution < 1.29 is 14.3 Å². The molecule has 1 aliphatic rings. The molecule has 2 aromatic carbocycles. The Kier molecular flexibility index (Phi) is 3.95. The van der Waals surface area contributed by atoms with E-state index < -0.39 is 23.8 Å². The molecule has 0 radical (unpaired) electrons. The Labute approximate surface area is 150 Å². The van der Waals surface area contributed by atoms with Gasteiger partial charge >= 0.3 is 5.97 Å². The number of imidazole rings is 1. The lowest BCUT2D eigenvalue weighted by Gasteiger charge is -2.32. The Morgan fingerprint density at radius 1 is 1.19 bits per heavy atom. The van der Waals surface area contributed by atoms with Crippen LogP contribution in [0.2, 0.25) is 0 Å². The fourth-order valence-corrected chi connectivity index (χ4v) is 3.47. The molecule has 0 spiro atoms. The Morgan fingerprint density at radius 2 is 1.92 bits per heavy atom. The molecule has 6 heteroatoms. The summed E-state index contributed by atoms with van der Waals surface area (Å²) >= 11 is 0. The minimum atomic E-state index is -0.970. The molecule has 0 fully saturated rings. The van der Waals surface area contributed by atoms with Gasteiger partial charge in [-0.2, -0.15) is 0 Å². The van der Waals surface area contributed by atoms with E-state index in [9.17, 15) is 9.59 Å². The predicted molar refractivity (Wildman–Crippen MR) is 97.8 cm³/mol. The highest BCUT2D eigenvalue weighted by Gasteiger charge is 2.44. The van der Waals surface area contributed by atoms with E-state index in [2.05, 4.69) is 10.3 Å². The fourth-order valence-electron chi connectivity index (χ4n) is 3.47. The SMILES string of the molecule is CCOC(=O)C1C(=O)Nc2nc3ccccc3n2C1c1ccc(C)cc1. The number of fused-ring (bicyclic) bond motifs is 3. The van der Waals surface area contributed by atoms with Crippen LogP contribution in [-0.4, -0.2) is 28.0 Å². The molecule has 1 amide bonds. The van der Waals surface area contributed by atoms with E-state index in [0.717, 1.165) is 22.2 Å². The van der Waals surface area contributed by atoms with E-state index in [1.54, 1.807) is 6.92 Å². The van der Waals surface area contributed by atoms with Crippen LogP contribution >= 0.6 is 0 Å². The largest absolute Gasteiger partial charge is 0.465 e. The zero-order valence-electron chi connectivity index (χ0n) is 14.6. The second kappa shape index (κ2) is 6.29. The number of benzene rings is 2. The first-order chi connectivity index (χ1) is 12.6. The highest BCUT2D eigenvalue weighted by molar-refractivity contribution is 6.07. The van der Waals surface area contributed by atoms with Gasteiger partial charge in [-0.3, -0.25) is 14.9 Å². The van der Waals surface area contributed by atoms with E-state index >= 15 is 0 Å². The summed E-state index contributed by atoms with van der Waals surface area (Å²) in [5.41, 5.74) is 3.61. The highest BCUT2D eigenvalue weighted by Crippen LogP contribution is 2.38. The number of carbonyl (C=O) groups is 2. The molecule has 1 aliphatic heterocycles. The number of hydrogen-bond donors (Lipinski definition) is 1. The van der Waals surface area contributed by atoms with Crippen molar-refractivity contribution in [1.82, 2.24) is 9.55 Å². The van der Waals surface area contributed by atoms with Gasteiger partial charge in [-0.1, -0.05) is 42.0 Å². The number of rotatable bonds is 3. The third kappa shape index (κ3) is 2.54. The number of ether oxygens (including phenoxy) is 1. The van der Waals surface area contributed by atoms with Gasteiger partial charge in [0.15, 0.2) is 5.92 Å². The molecule has 0 saturated heterocycles. The standard InChI is InChI=1S/C20H19N3O3/c1-3-26-19(25)16-17(13-10-8-12(2)9-11-13)23-15-7-5-4-6-14(15)21-20(23)22-18(16)24/h4-11,16-17H,3H2,1-2H3,(H,21,22,24). The minimum Gasteiger partial charge on any atom is -0.465 e. The molecule has 4 rings (SSSR count). The van der Waals surface area contributed by atoms with Gasteiger partial charge in [0.1, 0.15) is 0 Å². The Morgan fingerprint density at radius 3 is 2.65 bits per heavy atom. The van der Waals surface area contributed by atoms with E-state index in [1.165, 1.54) is 0 Å². The molecule has 2 heterocycles. The normalized spacial score (nSPS) is 19.1. The lowest BCUT2D eigenvalue weighted by atomic mass is 9.90. The first kappa shape index (κ1) is 16.3. The Balaban J connectivity index is 1.95. The van der Waals surface area contributed by atoms with Gasteiger partial charge in [-0.25, -0.2) is 4.98 Å². The maximum Gasteiger partial charge on any atom is 0.321 e. The van der Waals surface area contributed by atoms with Crippen molar-refractivity contribution in [3.8, 4) is 0 Å². The van der Waals surface area contributed by atoms with Crippen LogP contribution in [0.1, 0.15) is 24.1 Å².